The summed E-state index contributed by atoms with van der Waals surface area (Å²) in [5, 5.41) is 0. The Kier molecular flexibility index (Phi) is 7.81. The minimum Gasteiger partial charge on any atom is -0.458 e. The Hall–Kier alpha value is -2.48. The predicted octanol–water partition coefficient (Wildman–Crippen LogP) is 2.69. The highest BCUT2D eigenvalue weighted by atomic mass is 16.6. The number of ether oxygens (including phenoxy) is 4. The molecule has 1 aliphatic heterocycles. The van der Waals surface area contributed by atoms with Crippen LogP contribution >= 0.6 is 0 Å². The number of methoxy groups -OCH3 is 1. The zero-order chi connectivity index (χ0) is 23.5. The van der Waals surface area contributed by atoms with Crippen molar-refractivity contribution in [3.63, 3.8) is 0 Å². The first kappa shape index (κ1) is 24.8. The Bertz CT molecular complexity index is 797. The lowest BCUT2D eigenvalue weighted by Crippen LogP contribution is -2.49. The zero-order valence-corrected chi connectivity index (χ0v) is 19.1. The number of rotatable bonds is 4. The van der Waals surface area contributed by atoms with Gasteiger partial charge in [-0.3, -0.25) is 9.59 Å². The molecule has 172 valence electrons. The second-order valence-corrected chi connectivity index (χ2v) is 8.55. The van der Waals surface area contributed by atoms with Gasteiger partial charge in [-0.15, -0.1) is 0 Å². The maximum atomic E-state index is 13.2. The number of esters is 3. The van der Waals surface area contributed by atoms with E-state index < -0.39 is 47.7 Å². The molecule has 2 fully saturated rings. The van der Waals surface area contributed by atoms with Gasteiger partial charge in [0.1, 0.15) is 12.2 Å². The molecule has 0 aromatic heterocycles. The molecule has 0 spiro atoms. The molecule has 0 bridgehead atoms. The van der Waals surface area contributed by atoms with Gasteiger partial charge in [-0.1, -0.05) is 19.6 Å². The fourth-order valence-electron chi connectivity index (χ4n) is 4.24. The third-order valence-electron chi connectivity index (χ3n) is 6.22. The summed E-state index contributed by atoms with van der Waals surface area (Å²) in [7, 11) is 1.50. The van der Waals surface area contributed by atoms with Crippen molar-refractivity contribution in [1.82, 2.24) is 0 Å². The topological polar surface area (TPSA) is 105 Å². The van der Waals surface area contributed by atoms with Gasteiger partial charge in [0.2, 0.25) is 0 Å². The molecule has 6 unspecified atom stereocenters. The average Bonchev–Trinajstić information content (AvgIpc) is 2.96. The fourth-order valence-corrected chi connectivity index (χ4v) is 4.24. The molecular formula is C23H32O8. The summed E-state index contributed by atoms with van der Waals surface area (Å²) in [6.45, 7) is 11.8. The highest BCUT2D eigenvalue weighted by Gasteiger charge is 2.51. The van der Waals surface area contributed by atoms with E-state index in [2.05, 4.69) is 6.58 Å². The highest BCUT2D eigenvalue weighted by molar-refractivity contribution is 5.92. The van der Waals surface area contributed by atoms with Crippen LogP contribution in [0.4, 0.5) is 0 Å². The highest BCUT2D eigenvalue weighted by Crippen LogP contribution is 2.41. The number of hydrogen-bond donors (Lipinski definition) is 0. The van der Waals surface area contributed by atoms with Crippen molar-refractivity contribution < 1.29 is 38.1 Å². The SMILES string of the molecule is C=C1C(=O)OC2CC(C)C(OC)CC(=O)C(C)(OC(C)=O)CC(OC(=O)C(C)=CC)C12. The Morgan fingerprint density at radius 2 is 1.87 bits per heavy atom. The monoisotopic (exact) mass is 436 g/mol. The lowest BCUT2D eigenvalue weighted by molar-refractivity contribution is -0.174. The molecule has 8 nitrogen and oxygen atoms in total. The van der Waals surface area contributed by atoms with Crippen molar-refractivity contribution in [2.75, 3.05) is 7.11 Å². The van der Waals surface area contributed by atoms with Crippen LogP contribution in [0.5, 0.6) is 0 Å². The molecule has 8 heteroatoms. The number of carbonyl (C=O) groups is 4. The summed E-state index contributed by atoms with van der Waals surface area (Å²) < 4.78 is 22.3. The first-order valence-electron chi connectivity index (χ1n) is 10.4. The number of allylic oxidation sites excluding steroid dienone is 1. The van der Waals surface area contributed by atoms with Crippen LogP contribution in [-0.4, -0.2) is 54.7 Å². The van der Waals surface area contributed by atoms with Gasteiger partial charge >= 0.3 is 17.9 Å². The molecule has 0 amide bonds. The van der Waals surface area contributed by atoms with Gasteiger partial charge in [0.25, 0.3) is 0 Å². The lowest BCUT2D eigenvalue weighted by Gasteiger charge is -2.38. The molecule has 2 rings (SSSR count). The van der Waals surface area contributed by atoms with E-state index in [0.29, 0.717) is 12.0 Å². The van der Waals surface area contributed by atoms with Gasteiger partial charge in [-0.2, -0.15) is 0 Å². The minimum atomic E-state index is -1.58. The molecule has 0 N–H and O–H groups in total. The van der Waals surface area contributed by atoms with Crippen LogP contribution in [0.1, 0.15) is 53.9 Å². The van der Waals surface area contributed by atoms with Crippen molar-refractivity contribution in [3.05, 3.63) is 23.8 Å². The van der Waals surface area contributed by atoms with E-state index in [4.69, 9.17) is 18.9 Å². The van der Waals surface area contributed by atoms with Crippen LogP contribution in [0.2, 0.25) is 0 Å². The zero-order valence-electron chi connectivity index (χ0n) is 19.1. The Labute approximate surface area is 182 Å². The molecule has 1 saturated carbocycles. The van der Waals surface area contributed by atoms with E-state index in [9.17, 15) is 19.2 Å². The van der Waals surface area contributed by atoms with Crippen molar-refractivity contribution in [3.8, 4) is 0 Å². The third kappa shape index (κ3) is 5.42. The number of carbonyl (C=O) groups excluding carboxylic acids is 4. The smallest absolute Gasteiger partial charge is 0.334 e. The van der Waals surface area contributed by atoms with Gasteiger partial charge < -0.3 is 18.9 Å². The van der Waals surface area contributed by atoms with E-state index in [0.717, 1.165) is 0 Å². The van der Waals surface area contributed by atoms with Crippen LogP contribution in [0, 0.1) is 11.8 Å². The Morgan fingerprint density at radius 3 is 2.42 bits per heavy atom. The summed E-state index contributed by atoms with van der Waals surface area (Å²) in [6, 6.07) is 0. The van der Waals surface area contributed by atoms with Gasteiger partial charge in [0.05, 0.1) is 12.0 Å². The first-order chi connectivity index (χ1) is 14.4. The van der Waals surface area contributed by atoms with E-state index >= 15 is 0 Å². The molecule has 2 aliphatic rings. The second kappa shape index (κ2) is 9.77. The van der Waals surface area contributed by atoms with E-state index in [1.807, 2.05) is 6.92 Å². The third-order valence-corrected chi connectivity index (χ3v) is 6.22. The molecule has 31 heavy (non-hydrogen) atoms. The number of fused-ring (bicyclic) bond motifs is 1. The van der Waals surface area contributed by atoms with Crippen LogP contribution < -0.4 is 0 Å². The summed E-state index contributed by atoms with van der Waals surface area (Å²) in [6.07, 6.45) is -0.135. The fraction of sp³-hybridized carbons (Fsp3) is 0.652. The summed E-state index contributed by atoms with van der Waals surface area (Å²) >= 11 is 0. The van der Waals surface area contributed by atoms with Gasteiger partial charge in [0, 0.05) is 38.0 Å². The van der Waals surface area contributed by atoms with Crippen molar-refractivity contribution in [1.29, 1.82) is 0 Å². The van der Waals surface area contributed by atoms with E-state index in [1.54, 1.807) is 19.9 Å². The molecular weight excluding hydrogens is 404 g/mol. The summed E-state index contributed by atoms with van der Waals surface area (Å²) in [5.74, 6) is -2.98. The van der Waals surface area contributed by atoms with Crippen molar-refractivity contribution in [2.24, 2.45) is 11.8 Å². The van der Waals surface area contributed by atoms with E-state index in [1.165, 1.54) is 21.0 Å². The lowest BCUT2D eigenvalue weighted by atomic mass is 9.76. The van der Waals surface area contributed by atoms with Gasteiger partial charge in [0.15, 0.2) is 11.4 Å². The van der Waals surface area contributed by atoms with Crippen LogP contribution in [0.25, 0.3) is 0 Å². The van der Waals surface area contributed by atoms with Crippen molar-refractivity contribution >= 4 is 23.7 Å². The van der Waals surface area contributed by atoms with Gasteiger partial charge in [-0.25, -0.2) is 9.59 Å². The largest absolute Gasteiger partial charge is 0.458 e. The number of hydrogen-bond acceptors (Lipinski definition) is 8. The van der Waals surface area contributed by atoms with Crippen LogP contribution in [0.15, 0.2) is 23.8 Å². The maximum absolute atomic E-state index is 13.2. The molecule has 1 aliphatic carbocycles. The molecule has 0 radical (unpaired) electrons. The van der Waals surface area contributed by atoms with Crippen molar-refractivity contribution in [2.45, 2.75) is 77.8 Å². The quantitative estimate of drug-likeness (QED) is 0.376. The van der Waals surface area contributed by atoms with Gasteiger partial charge in [-0.05, 0) is 33.1 Å². The normalized spacial score (nSPS) is 34.6. The Balaban J connectivity index is 2.56. The first-order valence-corrected chi connectivity index (χ1v) is 10.4. The predicted molar refractivity (Wildman–Crippen MR) is 111 cm³/mol. The standard InChI is InChI=1S/C23H32O8/c1-8-12(2)21(26)30-18-11-23(6,31-15(5)24)19(25)10-16(28-7)13(3)9-17-20(18)14(4)22(27)29-17/h8,13,16-18,20H,4,9-11H2,1-3,5-7H3. The number of Topliss-reactive ketones (excluding diaryl/α,β-unsaturated/α-hetero) is 1. The summed E-state index contributed by atoms with van der Waals surface area (Å²) in [4.78, 5) is 50.0. The minimum absolute atomic E-state index is 0.00227. The summed E-state index contributed by atoms with van der Waals surface area (Å²) in [5.41, 5.74) is -1.04. The average molecular weight is 437 g/mol. The molecule has 0 aromatic rings. The van der Waals surface area contributed by atoms with E-state index in [-0.39, 0.29) is 30.1 Å². The molecule has 1 heterocycles. The second-order valence-electron chi connectivity index (χ2n) is 8.55. The number of ketones is 1. The Morgan fingerprint density at radius 1 is 1.23 bits per heavy atom. The van der Waals surface area contributed by atoms with Crippen LogP contribution in [0.3, 0.4) is 0 Å². The van der Waals surface area contributed by atoms with Crippen LogP contribution in [-0.2, 0) is 38.1 Å². The molecule has 1 saturated heterocycles. The maximum Gasteiger partial charge on any atom is 0.334 e. The molecule has 6 atom stereocenters. The molecule has 0 aromatic carbocycles.